The van der Waals surface area contributed by atoms with Crippen LogP contribution in [-0.4, -0.2) is 24.0 Å². The van der Waals surface area contributed by atoms with Crippen LogP contribution >= 0.6 is 0 Å². The lowest BCUT2D eigenvalue weighted by Gasteiger charge is -2.38. The van der Waals surface area contributed by atoms with Gasteiger partial charge in [-0.1, -0.05) is 23.8 Å². The summed E-state index contributed by atoms with van der Waals surface area (Å²) in [4.78, 5) is 2.61. The Hall–Kier alpha value is -0.860. The Bertz CT molecular complexity index is 407. The van der Waals surface area contributed by atoms with Gasteiger partial charge in [0.2, 0.25) is 0 Å². The summed E-state index contributed by atoms with van der Waals surface area (Å²) in [6.07, 6.45) is 3.68. The van der Waals surface area contributed by atoms with E-state index in [9.17, 15) is 0 Å². The number of fused-ring (bicyclic) bond motifs is 1. The Balaban J connectivity index is 1.63. The molecule has 0 unspecified atom stereocenters. The van der Waals surface area contributed by atoms with Gasteiger partial charge >= 0.3 is 0 Å². The molecule has 0 radical (unpaired) electrons. The number of benzene rings is 1. The van der Waals surface area contributed by atoms with Crippen LogP contribution in [0.4, 0.5) is 0 Å². The normalized spacial score (nSPS) is 28.6. The highest BCUT2D eigenvalue weighted by molar-refractivity contribution is 5.33. The second kappa shape index (κ2) is 4.43. The molecule has 0 aromatic heterocycles. The van der Waals surface area contributed by atoms with Crippen molar-refractivity contribution < 1.29 is 0 Å². The van der Waals surface area contributed by atoms with E-state index in [0.29, 0.717) is 6.04 Å². The molecule has 1 aromatic carbocycles. The SMILES string of the molecule is Cc1ccc2c(c1)CN(CC1CC(N)C1)CC2. The van der Waals surface area contributed by atoms with E-state index < -0.39 is 0 Å². The van der Waals surface area contributed by atoms with Gasteiger partial charge in [0.25, 0.3) is 0 Å². The zero-order valence-corrected chi connectivity index (χ0v) is 10.7. The number of hydrogen-bond donors (Lipinski definition) is 1. The summed E-state index contributed by atoms with van der Waals surface area (Å²) in [5, 5.41) is 0. The molecule has 1 saturated carbocycles. The first-order chi connectivity index (χ1) is 8.20. The minimum absolute atomic E-state index is 0.485. The number of nitrogens with zero attached hydrogens (tertiary/aromatic N) is 1. The predicted octanol–water partition coefficient (Wildman–Crippen LogP) is 2.09. The summed E-state index contributed by atoms with van der Waals surface area (Å²) in [7, 11) is 0. The van der Waals surface area contributed by atoms with Gasteiger partial charge in [0.15, 0.2) is 0 Å². The topological polar surface area (TPSA) is 29.3 Å². The Kier molecular flexibility index (Phi) is 2.93. The van der Waals surface area contributed by atoms with Gasteiger partial charge in [-0.3, -0.25) is 4.90 Å². The second-order valence-electron chi connectivity index (χ2n) is 5.85. The first kappa shape index (κ1) is 11.2. The first-order valence-corrected chi connectivity index (χ1v) is 6.77. The lowest BCUT2D eigenvalue weighted by molar-refractivity contribution is 0.150. The van der Waals surface area contributed by atoms with E-state index in [1.165, 1.54) is 37.9 Å². The van der Waals surface area contributed by atoms with E-state index in [1.807, 2.05) is 0 Å². The lowest BCUT2D eigenvalue weighted by Crippen LogP contribution is -2.44. The molecule has 1 heterocycles. The molecule has 17 heavy (non-hydrogen) atoms. The van der Waals surface area contributed by atoms with E-state index in [4.69, 9.17) is 5.73 Å². The fourth-order valence-corrected chi connectivity index (χ4v) is 3.20. The fraction of sp³-hybridized carbons (Fsp3) is 0.600. The molecule has 0 bridgehead atoms. The summed E-state index contributed by atoms with van der Waals surface area (Å²) in [6, 6.07) is 7.38. The highest BCUT2D eigenvalue weighted by Crippen LogP contribution is 2.28. The number of rotatable bonds is 2. The van der Waals surface area contributed by atoms with Gasteiger partial charge in [0.05, 0.1) is 0 Å². The summed E-state index contributed by atoms with van der Waals surface area (Å²) in [5.41, 5.74) is 10.3. The van der Waals surface area contributed by atoms with Crippen LogP contribution in [-0.2, 0) is 13.0 Å². The van der Waals surface area contributed by atoms with Crippen molar-refractivity contribution in [3.8, 4) is 0 Å². The molecular formula is C15H22N2. The van der Waals surface area contributed by atoms with Gasteiger partial charge in [0.1, 0.15) is 0 Å². The molecule has 2 N–H and O–H groups in total. The fourth-order valence-electron chi connectivity index (χ4n) is 3.20. The maximum Gasteiger partial charge on any atom is 0.0236 e. The van der Waals surface area contributed by atoms with Crippen LogP contribution in [0.5, 0.6) is 0 Å². The molecule has 0 atom stereocenters. The number of nitrogens with two attached hydrogens (primary N) is 1. The minimum atomic E-state index is 0.485. The van der Waals surface area contributed by atoms with Crippen LogP contribution in [0.15, 0.2) is 18.2 Å². The van der Waals surface area contributed by atoms with E-state index >= 15 is 0 Å². The van der Waals surface area contributed by atoms with E-state index in [2.05, 4.69) is 30.0 Å². The monoisotopic (exact) mass is 230 g/mol. The second-order valence-corrected chi connectivity index (χ2v) is 5.85. The average Bonchev–Trinajstić information content (AvgIpc) is 2.26. The van der Waals surface area contributed by atoms with Gasteiger partial charge in [-0.25, -0.2) is 0 Å². The van der Waals surface area contributed by atoms with Crippen molar-refractivity contribution in [2.75, 3.05) is 13.1 Å². The third-order valence-electron chi connectivity index (χ3n) is 4.24. The van der Waals surface area contributed by atoms with Gasteiger partial charge in [-0.05, 0) is 43.2 Å². The summed E-state index contributed by atoms with van der Waals surface area (Å²) >= 11 is 0. The van der Waals surface area contributed by atoms with Gasteiger partial charge in [-0.15, -0.1) is 0 Å². The summed E-state index contributed by atoms with van der Waals surface area (Å²) in [5.74, 6) is 0.858. The number of hydrogen-bond acceptors (Lipinski definition) is 2. The van der Waals surface area contributed by atoms with Crippen molar-refractivity contribution in [1.29, 1.82) is 0 Å². The van der Waals surface area contributed by atoms with Crippen LogP contribution < -0.4 is 5.73 Å². The van der Waals surface area contributed by atoms with Crippen molar-refractivity contribution in [2.45, 2.75) is 38.8 Å². The van der Waals surface area contributed by atoms with Gasteiger partial charge in [-0.2, -0.15) is 0 Å². The highest BCUT2D eigenvalue weighted by atomic mass is 15.1. The standard InChI is InChI=1S/C15H22N2/c1-11-2-3-13-4-5-17(10-14(13)6-11)9-12-7-15(16)8-12/h2-3,6,12,15H,4-5,7-10,16H2,1H3. The smallest absolute Gasteiger partial charge is 0.0236 e. The average molecular weight is 230 g/mol. The Morgan fingerprint density at radius 1 is 1.29 bits per heavy atom. The molecule has 1 aliphatic heterocycles. The zero-order chi connectivity index (χ0) is 11.8. The van der Waals surface area contributed by atoms with Crippen LogP contribution in [0.25, 0.3) is 0 Å². The maximum absolute atomic E-state index is 5.85. The van der Waals surface area contributed by atoms with Crippen molar-refractivity contribution >= 4 is 0 Å². The molecule has 2 heteroatoms. The molecular weight excluding hydrogens is 208 g/mol. The van der Waals surface area contributed by atoms with Crippen molar-refractivity contribution in [2.24, 2.45) is 11.7 Å². The highest BCUT2D eigenvalue weighted by Gasteiger charge is 2.28. The molecule has 92 valence electrons. The lowest BCUT2D eigenvalue weighted by atomic mass is 9.80. The van der Waals surface area contributed by atoms with Crippen LogP contribution in [0.1, 0.15) is 29.5 Å². The van der Waals surface area contributed by atoms with Crippen LogP contribution in [0, 0.1) is 12.8 Å². The van der Waals surface area contributed by atoms with Crippen molar-refractivity contribution in [3.63, 3.8) is 0 Å². The largest absolute Gasteiger partial charge is 0.328 e. The quantitative estimate of drug-likeness (QED) is 0.843. The maximum atomic E-state index is 5.85. The van der Waals surface area contributed by atoms with Gasteiger partial charge in [0, 0.05) is 25.7 Å². The van der Waals surface area contributed by atoms with Crippen LogP contribution in [0.3, 0.4) is 0 Å². The Morgan fingerprint density at radius 3 is 2.88 bits per heavy atom. The third kappa shape index (κ3) is 2.38. The van der Waals surface area contributed by atoms with E-state index in [1.54, 1.807) is 11.1 Å². The molecule has 1 aromatic rings. The molecule has 2 aliphatic rings. The molecule has 3 rings (SSSR count). The molecule has 1 aliphatic carbocycles. The number of aryl methyl sites for hydroxylation is 1. The van der Waals surface area contributed by atoms with Crippen molar-refractivity contribution in [3.05, 3.63) is 34.9 Å². The summed E-state index contributed by atoms with van der Waals surface area (Å²) < 4.78 is 0. The molecule has 0 saturated heterocycles. The molecule has 0 amide bonds. The predicted molar refractivity (Wildman–Crippen MR) is 70.9 cm³/mol. The molecule has 1 fully saturated rings. The van der Waals surface area contributed by atoms with Gasteiger partial charge < -0.3 is 5.73 Å². The van der Waals surface area contributed by atoms with E-state index in [0.717, 1.165) is 12.5 Å². The minimum Gasteiger partial charge on any atom is -0.328 e. The molecule has 0 spiro atoms. The Morgan fingerprint density at radius 2 is 2.12 bits per heavy atom. The Labute approximate surface area is 104 Å². The first-order valence-electron chi connectivity index (χ1n) is 6.77. The van der Waals surface area contributed by atoms with E-state index in [-0.39, 0.29) is 0 Å². The summed E-state index contributed by atoms with van der Waals surface area (Å²) in [6.45, 7) is 5.80. The van der Waals surface area contributed by atoms with Crippen LogP contribution in [0.2, 0.25) is 0 Å². The molecule has 2 nitrogen and oxygen atoms in total. The third-order valence-corrected chi connectivity index (χ3v) is 4.24. The van der Waals surface area contributed by atoms with Crippen molar-refractivity contribution in [1.82, 2.24) is 4.90 Å². The zero-order valence-electron chi connectivity index (χ0n) is 10.7.